The molecular weight excluding hydrogens is 309 g/mol. The molecule has 2 heterocycles. The standard InChI is InChI=1S/C18H22FN3O2/c1-24-18(23)17-15(11-20-21-17)12-22-8-6-13(7-9-22)10-14-4-2-3-5-16(14)19/h2-5,11,13H,6-10,12H2,1H3,(H,20,21). The summed E-state index contributed by atoms with van der Waals surface area (Å²) in [4.78, 5) is 14.0. The van der Waals surface area contributed by atoms with E-state index in [4.69, 9.17) is 4.74 Å². The first-order valence-corrected chi connectivity index (χ1v) is 8.23. The molecule has 0 unspecified atom stereocenters. The minimum absolute atomic E-state index is 0.110. The van der Waals surface area contributed by atoms with Crippen LogP contribution < -0.4 is 0 Å². The van der Waals surface area contributed by atoms with Gasteiger partial charge < -0.3 is 4.74 Å². The second-order valence-corrected chi connectivity index (χ2v) is 6.28. The highest BCUT2D eigenvalue weighted by molar-refractivity contribution is 5.88. The minimum atomic E-state index is -0.392. The molecule has 1 aliphatic rings. The number of aromatic nitrogens is 2. The summed E-state index contributed by atoms with van der Waals surface area (Å²) in [5, 5.41) is 6.64. The third-order valence-corrected chi connectivity index (χ3v) is 4.67. The van der Waals surface area contributed by atoms with Gasteiger partial charge >= 0.3 is 5.97 Å². The summed E-state index contributed by atoms with van der Waals surface area (Å²) >= 11 is 0. The van der Waals surface area contributed by atoms with Crippen molar-refractivity contribution in [1.82, 2.24) is 15.1 Å². The van der Waals surface area contributed by atoms with Crippen LogP contribution in [0.1, 0.15) is 34.5 Å². The van der Waals surface area contributed by atoms with Crippen molar-refractivity contribution in [3.8, 4) is 0 Å². The number of ether oxygens (including phenoxy) is 1. The van der Waals surface area contributed by atoms with Crippen LogP contribution in [0.4, 0.5) is 4.39 Å². The second kappa shape index (κ2) is 7.57. The molecular formula is C18H22FN3O2. The Kier molecular flexibility index (Phi) is 5.25. The molecule has 5 nitrogen and oxygen atoms in total. The number of esters is 1. The maximum absolute atomic E-state index is 13.8. The van der Waals surface area contributed by atoms with Gasteiger partial charge in [-0.15, -0.1) is 0 Å². The average Bonchev–Trinajstić information content (AvgIpc) is 3.06. The average molecular weight is 331 g/mol. The third-order valence-electron chi connectivity index (χ3n) is 4.67. The smallest absolute Gasteiger partial charge is 0.356 e. The molecule has 1 aromatic carbocycles. The summed E-state index contributed by atoms with van der Waals surface area (Å²) in [5.41, 5.74) is 2.08. The number of halogens is 1. The summed E-state index contributed by atoms with van der Waals surface area (Å²) in [7, 11) is 1.36. The van der Waals surface area contributed by atoms with Crippen LogP contribution in [0.3, 0.4) is 0 Å². The Labute approximate surface area is 140 Å². The predicted octanol–water partition coefficient (Wildman–Crippen LogP) is 2.79. The van der Waals surface area contributed by atoms with Gasteiger partial charge in [0.15, 0.2) is 0 Å². The molecule has 1 N–H and O–H groups in total. The number of carbonyl (C=O) groups excluding carboxylic acids is 1. The van der Waals surface area contributed by atoms with Gasteiger partial charge in [0.25, 0.3) is 0 Å². The van der Waals surface area contributed by atoms with Crippen LogP contribution in [0.25, 0.3) is 0 Å². The molecule has 6 heteroatoms. The van der Waals surface area contributed by atoms with E-state index in [1.807, 2.05) is 12.1 Å². The van der Waals surface area contributed by atoms with Crippen LogP contribution in [0.15, 0.2) is 30.5 Å². The number of piperidine rings is 1. The number of benzene rings is 1. The SMILES string of the molecule is COC(=O)c1[nH]ncc1CN1CCC(Cc2ccccc2F)CC1. The summed E-state index contributed by atoms with van der Waals surface area (Å²) in [6.45, 7) is 2.54. The molecule has 1 aliphatic heterocycles. The fraction of sp³-hybridized carbons (Fsp3) is 0.444. The van der Waals surface area contributed by atoms with Crippen molar-refractivity contribution < 1.29 is 13.9 Å². The van der Waals surface area contributed by atoms with E-state index in [9.17, 15) is 9.18 Å². The molecule has 0 aliphatic carbocycles. The lowest BCUT2D eigenvalue weighted by molar-refractivity contribution is 0.0591. The van der Waals surface area contributed by atoms with Crippen LogP contribution in [-0.2, 0) is 17.7 Å². The van der Waals surface area contributed by atoms with Crippen LogP contribution in [0.5, 0.6) is 0 Å². The lowest BCUT2D eigenvalue weighted by Crippen LogP contribution is -2.34. The molecule has 1 aromatic heterocycles. The maximum Gasteiger partial charge on any atom is 0.356 e. The zero-order valence-corrected chi connectivity index (χ0v) is 13.8. The Morgan fingerprint density at radius 3 is 2.79 bits per heavy atom. The zero-order valence-electron chi connectivity index (χ0n) is 13.8. The molecule has 1 fully saturated rings. The van der Waals surface area contributed by atoms with E-state index in [-0.39, 0.29) is 5.82 Å². The van der Waals surface area contributed by atoms with Crippen molar-refractivity contribution in [3.05, 3.63) is 53.1 Å². The minimum Gasteiger partial charge on any atom is -0.464 e. The lowest BCUT2D eigenvalue weighted by atomic mass is 9.90. The van der Waals surface area contributed by atoms with Gasteiger partial charge in [0.2, 0.25) is 0 Å². The molecule has 2 aromatic rings. The first kappa shape index (κ1) is 16.6. The Balaban J connectivity index is 1.53. The van der Waals surface area contributed by atoms with E-state index in [0.717, 1.165) is 43.5 Å². The second-order valence-electron chi connectivity index (χ2n) is 6.28. The number of nitrogens with one attached hydrogen (secondary N) is 1. The number of likely N-dealkylation sites (tertiary alicyclic amines) is 1. The highest BCUT2D eigenvalue weighted by Crippen LogP contribution is 2.24. The summed E-state index contributed by atoms with van der Waals surface area (Å²) in [5.74, 6) is 0.000521. The summed E-state index contributed by atoms with van der Waals surface area (Å²) < 4.78 is 18.5. The molecule has 1 saturated heterocycles. The maximum atomic E-state index is 13.8. The number of methoxy groups -OCH3 is 1. The largest absolute Gasteiger partial charge is 0.464 e. The van der Waals surface area contributed by atoms with Crippen LogP contribution in [0.2, 0.25) is 0 Å². The number of carbonyl (C=O) groups is 1. The van der Waals surface area contributed by atoms with Gasteiger partial charge in [-0.3, -0.25) is 10.00 Å². The Morgan fingerprint density at radius 2 is 2.08 bits per heavy atom. The van der Waals surface area contributed by atoms with Gasteiger partial charge in [-0.25, -0.2) is 9.18 Å². The van der Waals surface area contributed by atoms with Crippen molar-refractivity contribution in [2.45, 2.75) is 25.8 Å². The van der Waals surface area contributed by atoms with Crippen molar-refractivity contribution >= 4 is 5.97 Å². The Bertz CT molecular complexity index is 693. The van der Waals surface area contributed by atoms with Crippen molar-refractivity contribution in [1.29, 1.82) is 0 Å². The monoisotopic (exact) mass is 331 g/mol. The van der Waals surface area contributed by atoms with Crippen LogP contribution >= 0.6 is 0 Å². The molecule has 0 bridgehead atoms. The van der Waals surface area contributed by atoms with Crippen LogP contribution in [-0.4, -0.2) is 41.3 Å². The van der Waals surface area contributed by atoms with Gasteiger partial charge in [-0.2, -0.15) is 5.10 Å². The summed E-state index contributed by atoms with van der Waals surface area (Å²) in [6, 6.07) is 7.01. The molecule has 0 amide bonds. The topological polar surface area (TPSA) is 58.2 Å². The van der Waals surface area contributed by atoms with Gasteiger partial charge in [0.1, 0.15) is 11.5 Å². The van der Waals surface area contributed by atoms with E-state index < -0.39 is 5.97 Å². The third kappa shape index (κ3) is 3.82. The number of hydrogen-bond donors (Lipinski definition) is 1. The van der Waals surface area contributed by atoms with Crippen LogP contribution in [0, 0.1) is 11.7 Å². The van der Waals surface area contributed by atoms with Gasteiger partial charge in [0, 0.05) is 12.1 Å². The predicted molar refractivity (Wildman–Crippen MR) is 88.0 cm³/mol. The van der Waals surface area contributed by atoms with E-state index in [1.165, 1.54) is 13.2 Å². The normalized spacial score (nSPS) is 16.2. The zero-order chi connectivity index (χ0) is 16.9. The summed E-state index contributed by atoms with van der Waals surface area (Å²) in [6.07, 6.45) is 4.52. The molecule has 128 valence electrons. The van der Waals surface area contributed by atoms with Crippen molar-refractivity contribution in [3.63, 3.8) is 0 Å². The number of H-pyrrole nitrogens is 1. The molecule has 3 rings (SSSR count). The number of rotatable bonds is 5. The molecule has 0 atom stereocenters. The van der Waals surface area contributed by atoms with E-state index in [2.05, 4.69) is 15.1 Å². The molecule has 0 spiro atoms. The highest BCUT2D eigenvalue weighted by Gasteiger charge is 2.23. The van der Waals surface area contributed by atoms with Gasteiger partial charge in [-0.05, 0) is 49.9 Å². The quantitative estimate of drug-likeness (QED) is 0.856. The van der Waals surface area contributed by atoms with Crippen molar-refractivity contribution in [2.75, 3.05) is 20.2 Å². The number of hydrogen-bond acceptors (Lipinski definition) is 4. The Hall–Kier alpha value is -2.21. The van der Waals surface area contributed by atoms with E-state index in [0.29, 0.717) is 18.2 Å². The van der Waals surface area contributed by atoms with Crippen molar-refractivity contribution in [2.24, 2.45) is 5.92 Å². The van der Waals surface area contributed by atoms with E-state index >= 15 is 0 Å². The molecule has 0 radical (unpaired) electrons. The Morgan fingerprint density at radius 1 is 1.33 bits per heavy atom. The molecule has 24 heavy (non-hydrogen) atoms. The lowest BCUT2D eigenvalue weighted by Gasteiger charge is -2.32. The number of aromatic amines is 1. The molecule has 0 saturated carbocycles. The number of nitrogens with zero attached hydrogens (tertiary/aromatic N) is 2. The highest BCUT2D eigenvalue weighted by atomic mass is 19.1. The first-order valence-electron chi connectivity index (χ1n) is 8.23. The fourth-order valence-electron chi connectivity index (χ4n) is 3.27. The first-order chi connectivity index (χ1) is 11.7. The van der Waals surface area contributed by atoms with Gasteiger partial charge in [0.05, 0.1) is 13.3 Å². The fourth-order valence-corrected chi connectivity index (χ4v) is 3.27. The van der Waals surface area contributed by atoms with E-state index in [1.54, 1.807) is 12.3 Å². The van der Waals surface area contributed by atoms with Gasteiger partial charge in [-0.1, -0.05) is 18.2 Å².